The van der Waals surface area contributed by atoms with Gasteiger partial charge in [-0.2, -0.15) is 0 Å². The summed E-state index contributed by atoms with van der Waals surface area (Å²) in [7, 11) is 0. The van der Waals surface area contributed by atoms with E-state index in [0.29, 0.717) is 17.3 Å². The van der Waals surface area contributed by atoms with Crippen molar-refractivity contribution in [2.75, 3.05) is 0 Å². The second-order valence-corrected chi connectivity index (χ2v) is 3.90. The molecular formula is C11H10ClN3O. The summed E-state index contributed by atoms with van der Waals surface area (Å²) in [4.78, 5) is 19.8. The van der Waals surface area contributed by atoms with Crippen LogP contribution < -0.4 is 5.56 Å². The first-order chi connectivity index (χ1) is 7.65. The van der Waals surface area contributed by atoms with Gasteiger partial charge in [0.1, 0.15) is 0 Å². The van der Waals surface area contributed by atoms with E-state index in [1.54, 1.807) is 25.3 Å². The van der Waals surface area contributed by atoms with E-state index in [1.807, 2.05) is 0 Å². The zero-order chi connectivity index (χ0) is 11.5. The Hall–Kier alpha value is -1.68. The SMILES string of the molecule is Cc1cc(=O)n(Cc2cc(Cl)ccn2)cn1. The van der Waals surface area contributed by atoms with Crippen molar-refractivity contribution in [1.29, 1.82) is 0 Å². The Bertz CT molecular complexity index is 565. The van der Waals surface area contributed by atoms with Crippen LogP contribution in [0.25, 0.3) is 0 Å². The molecule has 0 saturated carbocycles. The number of aryl methyl sites for hydroxylation is 1. The molecular weight excluding hydrogens is 226 g/mol. The summed E-state index contributed by atoms with van der Waals surface area (Å²) in [5.74, 6) is 0. The maximum absolute atomic E-state index is 11.6. The van der Waals surface area contributed by atoms with Crippen molar-refractivity contribution in [3.63, 3.8) is 0 Å². The highest BCUT2D eigenvalue weighted by atomic mass is 35.5. The van der Waals surface area contributed by atoms with Gasteiger partial charge in [-0.3, -0.25) is 14.3 Å². The Morgan fingerprint density at radius 1 is 1.38 bits per heavy atom. The number of aromatic nitrogens is 3. The van der Waals surface area contributed by atoms with Crippen molar-refractivity contribution in [2.24, 2.45) is 0 Å². The lowest BCUT2D eigenvalue weighted by molar-refractivity contribution is 0.714. The summed E-state index contributed by atoms with van der Waals surface area (Å²) >= 11 is 5.83. The van der Waals surface area contributed by atoms with Crippen LogP contribution in [0.2, 0.25) is 5.02 Å². The standard InChI is InChI=1S/C11H10ClN3O/c1-8-4-11(16)15(7-14-8)6-10-5-9(12)2-3-13-10/h2-5,7H,6H2,1H3. The zero-order valence-electron chi connectivity index (χ0n) is 8.72. The zero-order valence-corrected chi connectivity index (χ0v) is 9.48. The Morgan fingerprint density at radius 3 is 2.88 bits per heavy atom. The predicted octanol–water partition coefficient (Wildman–Crippen LogP) is 1.65. The summed E-state index contributed by atoms with van der Waals surface area (Å²) in [6.45, 7) is 2.16. The van der Waals surface area contributed by atoms with Crippen molar-refractivity contribution < 1.29 is 0 Å². The number of hydrogen-bond acceptors (Lipinski definition) is 3. The van der Waals surface area contributed by atoms with E-state index in [-0.39, 0.29) is 5.56 Å². The van der Waals surface area contributed by atoms with Crippen LogP contribution in [-0.4, -0.2) is 14.5 Å². The van der Waals surface area contributed by atoms with Gasteiger partial charge >= 0.3 is 0 Å². The summed E-state index contributed by atoms with van der Waals surface area (Å²) < 4.78 is 1.49. The van der Waals surface area contributed by atoms with Gasteiger partial charge in [-0.25, -0.2) is 4.98 Å². The minimum Gasteiger partial charge on any atom is -0.293 e. The highest BCUT2D eigenvalue weighted by molar-refractivity contribution is 6.30. The molecule has 16 heavy (non-hydrogen) atoms. The van der Waals surface area contributed by atoms with E-state index in [4.69, 9.17) is 11.6 Å². The fraction of sp³-hybridized carbons (Fsp3) is 0.182. The molecule has 0 atom stereocenters. The molecule has 4 nitrogen and oxygen atoms in total. The fourth-order valence-corrected chi connectivity index (χ4v) is 1.53. The Morgan fingerprint density at radius 2 is 2.19 bits per heavy atom. The monoisotopic (exact) mass is 235 g/mol. The molecule has 0 aromatic carbocycles. The Balaban J connectivity index is 2.31. The third kappa shape index (κ3) is 2.46. The Labute approximate surface area is 97.6 Å². The van der Waals surface area contributed by atoms with Crippen LogP contribution in [0.4, 0.5) is 0 Å². The van der Waals surface area contributed by atoms with Crippen molar-refractivity contribution in [3.05, 3.63) is 57.5 Å². The van der Waals surface area contributed by atoms with Crippen molar-refractivity contribution in [2.45, 2.75) is 13.5 Å². The van der Waals surface area contributed by atoms with Crippen LogP contribution in [0, 0.1) is 6.92 Å². The summed E-state index contributed by atoms with van der Waals surface area (Å²) in [6.07, 6.45) is 3.13. The second-order valence-electron chi connectivity index (χ2n) is 3.46. The summed E-state index contributed by atoms with van der Waals surface area (Å²) in [5.41, 5.74) is 1.36. The van der Waals surface area contributed by atoms with Crippen LogP contribution in [0.1, 0.15) is 11.4 Å². The van der Waals surface area contributed by atoms with Gasteiger partial charge < -0.3 is 0 Å². The molecule has 5 heteroatoms. The summed E-state index contributed by atoms with van der Waals surface area (Å²) in [6, 6.07) is 4.92. The van der Waals surface area contributed by atoms with E-state index in [1.165, 1.54) is 17.0 Å². The highest BCUT2D eigenvalue weighted by Crippen LogP contribution is 2.08. The molecule has 2 heterocycles. The maximum Gasteiger partial charge on any atom is 0.253 e. The van der Waals surface area contributed by atoms with Gasteiger partial charge in [0.25, 0.3) is 5.56 Å². The highest BCUT2D eigenvalue weighted by Gasteiger charge is 2.00. The Kier molecular flexibility index (Phi) is 3.01. The second kappa shape index (κ2) is 4.45. The molecule has 0 amide bonds. The average Bonchev–Trinajstić information content (AvgIpc) is 2.22. The molecule has 0 unspecified atom stereocenters. The van der Waals surface area contributed by atoms with Crippen molar-refractivity contribution in [1.82, 2.24) is 14.5 Å². The fourth-order valence-electron chi connectivity index (χ4n) is 1.35. The van der Waals surface area contributed by atoms with E-state index in [0.717, 1.165) is 5.69 Å². The van der Waals surface area contributed by atoms with E-state index in [2.05, 4.69) is 9.97 Å². The normalized spacial score (nSPS) is 10.4. The minimum absolute atomic E-state index is 0.0886. The first kappa shape index (κ1) is 10.8. The van der Waals surface area contributed by atoms with Crippen LogP contribution in [-0.2, 0) is 6.54 Å². The molecule has 2 rings (SSSR count). The molecule has 0 N–H and O–H groups in total. The molecule has 82 valence electrons. The molecule has 0 bridgehead atoms. The van der Waals surface area contributed by atoms with Gasteiger partial charge in [-0.05, 0) is 19.1 Å². The van der Waals surface area contributed by atoms with Gasteiger partial charge in [0.2, 0.25) is 0 Å². The largest absolute Gasteiger partial charge is 0.293 e. The maximum atomic E-state index is 11.6. The lowest BCUT2D eigenvalue weighted by Gasteiger charge is -2.04. The molecule has 0 radical (unpaired) electrons. The molecule has 2 aromatic rings. The molecule has 0 aliphatic carbocycles. The van der Waals surface area contributed by atoms with Crippen LogP contribution in [0.5, 0.6) is 0 Å². The van der Waals surface area contributed by atoms with Crippen molar-refractivity contribution in [3.8, 4) is 0 Å². The molecule has 0 fully saturated rings. The lowest BCUT2D eigenvalue weighted by atomic mass is 10.3. The number of pyridine rings is 1. The van der Waals surface area contributed by atoms with E-state index in [9.17, 15) is 4.79 Å². The topological polar surface area (TPSA) is 47.8 Å². The number of hydrogen-bond donors (Lipinski definition) is 0. The van der Waals surface area contributed by atoms with Gasteiger partial charge in [-0.15, -0.1) is 0 Å². The quantitative estimate of drug-likeness (QED) is 0.795. The summed E-state index contributed by atoms with van der Waals surface area (Å²) in [5, 5.41) is 0.609. The van der Waals surface area contributed by atoms with Crippen molar-refractivity contribution >= 4 is 11.6 Å². The molecule has 0 aliphatic rings. The van der Waals surface area contributed by atoms with E-state index >= 15 is 0 Å². The molecule has 0 saturated heterocycles. The number of nitrogens with zero attached hydrogens (tertiary/aromatic N) is 3. The number of rotatable bonds is 2. The smallest absolute Gasteiger partial charge is 0.253 e. The van der Waals surface area contributed by atoms with E-state index < -0.39 is 0 Å². The lowest BCUT2D eigenvalue weighted by Crippen LogP contribution is -2.20. The van der Waals surface area contributed by atoms with Gasteiger partial charge in [0, 0.05) is 23.0 Å². The van der Waals surface area contributed by atoms with Crippen LogP contribution in [0.3, 0.4) is 0 Å². The van der Waals surface area contributed by atoms with Gasteiger partial charge in [0.15, 0.2) is 0 Å². The van der Waals surface area contributed by atoms with Crippen LogP contribution in [0.15, 0.2) is 35.5 Å². The predicted molar refractivity (Wildman–Crippen MR) is 61.6 cm³/mol. The molecule has 0 aliphatic heterocycles. The third-order valence-electron chi connectivity index (χ3n) is 2.13. The first-order valence-corrected chi connectivity index (χ1v) is 5.16. The minimum atomic E-state index is -0.0886. The van der Waals surface area contributed by atoms with Gasteiger partial charge in [0.05, 0.1) is 18.6 Å². The number of halogens is 1. The third-order valence-corrected chi connectivity index (χ3v) is 2.36. The molecule has 0 spiro atoms. The van der Waals surface area contributed by atoms with Crippen LogP contribution >= 0.6 is 11.6 Å². The first-order valence-electron chi connectivity index (χ1n) is 4.79. The average molecular weight is 236 g/mol. The molecule has 2 aromatic heterocycles. The van der Waals surface area contributed by atoms with Gasteiger partial charge in [-0.1, -0.05) is 11.6 Å².